The zero-order chi connectivity index (χ0) is 17.6. The molecule has 128 valence electrons. The molecule has 1 N–H and O–H groups in total. The molecule has 0 unspecified atom stereocenters. The van der Waals surface area contributed by atoms with Crippen LogP contribution in [0.5, 0.6) is 5.75 Å². The van der Waals surface area contributed by atoms with Crippen molar-refractivity contribution in [2.75, 3.05) is 12.4 Å². The molecule has 0 saturated carbocycles. The number of amides is 1. The Balaban J connectivity index is 1.61. The molecule has 8 heteroatoms. The van der Waals surface area contributed by atoms with Crippen molar-refractivity contribution in [3.05, 3.63) is 64.7 Å². The number of ether oxygens (including phenoxy) is 1. The molecule has 0 radical (unpaired) electrons. The Morgan fingerprint density at radius 2 is 2.08 bits per heavy atom. The van der Waals surface area contributed by atoms with Crippen LogP contribution in [0.25, 0.3) is 0 Å². The molecule has 1 amide bonds. The van der Waals surface area contributed by atoms with E-state index in [1.165, 1.54) is 23.1 Å². The number of carbonyl (C=O) groups excluding carboxylic acids is 1. The molecule has 0 aliphatic rings. The maximum atomic E-state index is 12.3. The third kappa shape index (κ3) is 4.72. The SMILES string of the molecule is COc1cccc(C(=O)Nc2nnc(SCc3ccccc3Cl)s2)c1. The molecule has 25 heavy (non-hydrogen) atoms. The number of hydrogen-bond donors (Lipinski definition) is 1. The van der Waals surface area contributed by atoms with E-state index in [1.807, 2.05) is 24.3 Å². The lowest BCUT2D eigenvalue weighted by molar-refractivity contribution is 0.102. The summed E-state index contributed by atoms with van der Waals surface area (Å²) < 4.78 is 5.89. The molecule has 0 spiro atoms. The van der Waals surface area contributed by atoms with Gasteiger partial charge in [0.05, 0.1) is 7.11 Å². The van der Waals surface area contributed by atoms with Gasteiger partial charge in [0, 0.05) is 16.3 Å². The molecule has 0 atom stereocenters. The second-order valence-electron chi connectivity index (χ2n) is 4.94. The van der Waals surface area contributed by atoms with E-state index in [9.17, 15) is 4.79 Å². The van der Waals surface area contributed by atoms with Crippen molar-refractivity contribution in [1.29, 1.82) is 0 Å². The lowest BCUT2D eigenvalue weighted by Crippen LogP contribution is -2.11. The van der Waals surface area contributed by atoms with Gasteiger partial charge in [0.1, 0.15) is 5.75 Å². The van der Waals surface area contributed by atoms with Crippen LogP contribution in [0.15, 0.2) is 52.9 Å². The molecule has 0 aliphatic carbocycles. The molecular weight excluding hydrogens is 378 g/mol. The Hall–Kier alpha value is -2.09. The normalized spacial score (nSPS) is 10.5. The molecule has 0 saturated heterocycles. The average molecular weight is 392 g/mol. The van der Waals surface area contributed by atoms with Crippen LogP contribution in [0, 0.1) is 0 Å². The van der Waals surface area contributed by atoms with Crippen molar-refractivity contribution < 1.29 is 9.53 Å². The molecule has 1 heterocycles. The first-order valence-corrected chi connectivity index (χ1v) is 9.49. The quantitative estimate of drug-likeness (QED) is 0.485. The van der Waals surface area contributed by atoms with E-state index in [-0.39, 0.29) is 5.91 Å². The Kier molecular flexibility index (Phi) is 5.91. The van der Waals surface area contributed by atoms with Gasteiger partial charge in [-0.1, -0.05) is 59.0 Å². The van der Waals surface area contributed by atoms with Crippen LogP contribution < -0.4 is 10.1 Å². The van der Waals surface area contributed by atoms with Gasteiger partial charge in [0.15, 0.2) is 4.34 Å². The van der Waals surface area contributed by atoms with E-state index in [1.54, 1.807) is 31.4 Å². The van der Waals surface area contributed by atoms with Gasteiger partial charge in [-0.15, -0.1) is 10.2 Å². The number of nitrogens with one attached hydrogen (secondary N) is 1. The highest BCUT2D eigenvalue weighted by molar-refractivity contribution is 8.00. The van der Waals surface area contributed by atoms with Crippen molar-refractivity contribution in [2.24, 2.45) is 0 Å². The van der Waals surface area contributed by atoms with Gasteiger partial charge < -0.3 is 4.74 Å². The van der Waals surface area contributed by atoms with E-state index in [4.69, 9.17) is 16.3 Å². The van der Waals surface area contributed by atoms with Crippen LogP contribution in [0.1, 0.15) is 15.9 Å². The van der Waals surface area contributed by atoms with E-state index in [0.717, 1.165) is 14.9 Å². The number of rotatable bonds is 6. The second-order valence-corrected chi connectivity index (χ2v) is 7.55. The van der Waals surface area contributed by atoms with E-state index in [2.05, 4.69) is 15.5 Å². The summed E-state index contributed by atoms with van der Waals surface area (Å²) in [5.74, 6) is 1.07. The molecule has 0 bridgehead atoms. The van der Waals surface area contributed by atoms with Crippen LogP contribution in [0.4, 0.5) is 5.13 Å². The summed E-state index contributed by atoms with van der Waals surface area (Å²) in [6.45, 7) is 0. The molecule has 3 aromatic rings. The number of aromatic nitrogens is 2. The number of methoxy groups -OCH3 is 1. The highest BCUT2D eigenvalue weighted by Crippen LogP contribution is 2.30. The maximum absolute atomic E-state index is 12.3. The second kappa shape index (κ2) is 8.33. The third-order valence-corrected chi connectivity index (χ3v) is 5.66. The van der Waals surface area contributed by atoms with Gasteiger partial charge in [-0.3, -0.25) is 10.1 Å². The first kappa shape index (κ1) is 17.7. The van der Waals surface area contributed by atoms with Crippen molar-refractivity contribution in [3.8, 4) is 5.75 Å². The minimum atomic E-state index is -0.252. The molecule has 2 aromatic carbocycles. The lowest BCUT2D eigenvalue weighted by atomic mass is 10.2. The number of halogens is 1. The summed E-state index contributed by atoms with van der Waals surface area (Å²) in [6, 6.07) is 14.6. The summed E-state index contributed by atoms with van der Waals surface area (Å²) in [7, 11) is 1.56. The number of nitrogens with zero attached hydrogens (tertiary/aromatic N) is 2. The predicted molar refractivity (Wildman–Crippen MR) is 102 cm³/mol. The fourth-order valence-corrected chi connectivity index (χ4v) is 4.04. The van der Waals surface area contributed by atoms with Crippen LogP contribution in [0.2, 0.25) is 5.02 Å². The standard InChI is InChI=1S/C17H14ClN3O2S2/c1-23-13-7-4-6-11(9-13)15(22)19-16-20-21-17(25-16)24-10-12-5-2-3-8-14(12)18/h2-9H,10H2,1H3,(H,19,20,22). The van der Waals surface area contributed by atoms with Gasteiger partial charge in [0.2, 0.25) is 5.13 Å². The molecule has 3 rings (SSSR count). The Labute approximate surface area is 158 Å². The molecule has 5 nitrogen and oxygen atoms in total. The highest BCUT2D eigenvalue weighted by Gasteiger charge is 2.12. The van der Waals surface area contributed by atoms with Crippen LogP contribution >= 0.6 is 34.7 Å². The minimum Gasteiger partial charge on any atom is -0.497 e. The summed E-state index contributed by atoms with van der Waals surface area (Å²) in [6.07, 6.45) is 0. The number of hydrogen-bond acceptors (Lipinski definition) is 6. The van der Waals surface area contributed by atoms with E-state index in [0.29, 0.717) is 22.2 Å². The number of benzene rings is 2. The van der Waals surface area contributed by atoms with Gasteiger partial charge in [0.25, 0.3) is 5.91 Å². The van der Waals surface area contributed by atoms with Crippen molar-refractivity contribution in [2.45, 2.75) is 10.1 Å². The molecular formula is C17H14ClN3O2S2. The predicted octanol–water partition coefficient (Wildman–Crippen LogP) is 4.74. The third-order valence-electron chi connectivity index (χ3n) is 3.27. The van der Waals surface area contributed by atoms with E-state index >= 15 is 0 Å². The van der Waals surface area contributed by atoms with Crippen LogP contribution in [0.3, 0.4) is 0 Å². The first-order chi connectivity index (χ1) is 12.2. The Morgan fingerprint density at radius 1 is 1.24 bits per heavy atom. The summed E-state index contributed by atoms with van der Waals surface area (Å²) in [4.78, 5) is 12.3. The van der Waals surface area contributed by atoms with Gasteiger partial charge >= 0.3 is 0 Å². The fourth-order valence-electron chi connectivity index (χ4n) is 2.01. The Bertz CT molecular complexity index is 886. The smallest absolute Gasteiger partial charge is 0.257 e. The summed E-state index contributed by atoms with van der Waals surface area (Å²) in [5.41, 5.74) is 1.53. The first-order valence-electron chi connectivity index (χ1n) is 7.31. The fraction of sp³-hybridized carbons (Fsp3) is 0.118. The largest absolute Gasteiger partial charge is 0.497 e. The van der Waals surface area contributed by atoms with Gasteiger partial charge in [-0.25, -0.2) is 0 Å². The number of thioether (sulfide) groups is 1. The monoisotopic (exact) mass is 391 g/mol. The summed E-state index contributed by atoms with van der Waals surface area (Å²) in [5, 5.41) is 12.0. The van der Waals surface area contributed by atoms with Crippen molar-refractivity contribution in [1.82, 2.24) is 10.2 Å². The number of anilines is 1. The maximum Gasteiger partial charge on any atom is 0.257 e. The highest BCUT2D eigenvalue weighted by atomic mass is 35.5. The van der Waals surface area contributed by atoms with Crippen molar-refractivity contribution >= 4 is 45.7 Å². The summed E-state index contributed by atoms with van der Waals surface area (Å²) >= 11 is 9.00. The number of carbonyl (C=O) groups is 1. The van der Waals surface area contributed by atoms with Gasteiger partial charge in [-0.2, -0.15) is 0 Å². The molecule has 1 aromatic heterocycles. The zero-order valence-corrected chi connectivity index (χ0v) is 15.6. The van der Waals surface area contributed by atoms with Crippen LogP contribution in [-0.4, -0.2) is 23.2 Å². The van der Waals surface area contributed by atoms with Gasteiger partial charge in [-0.05, 0) is 29.8 Å². The Morgan fingerprint density at radius 3 is 2.88 bits per heavy atom. The van der Waals surface area contributed by atoms with Crippen molar-refractivity contribution in [3.63, 3.8) is 0 Å². The van der Waals surface area contributed by atoms with E-state index < -0.39 is 0 Å². The zero-order valence-electron chi connectivity index (χ0n) is 13.2. The lowest BCUT2D eigenvalue weighted by Gasteiger charge is -2.03. The average Bonchev–Trinajstić information content (AvgIpc) is 3.08. The molecule has 0 aliphatic heterocycles. The van der Waals surface area contributed by atoms with Crippen LogP contribution in [-0.2, 0) is 5.75 Å². The molecule has 0 fully saturated rings. The topological polar surface area (TPSA) is 64.1 Å². The minimum absolute atomic E-state index is 0.252.